The van der Waals surface area contributed by atoms with Crippen LogP contribution in [0.2, 0.25) is 0 Å². The molecule has 19 heavy (non-hydrogen) atoms. The van der Waals surface area contributed by atoms with Crippen LogP contribution in [0.1, 0.15) is 5.56 Å². The van der Waals surface area contributed by atoms with Gasteiger partial charge >= 0.3 is 0 Å². The Hall–Kier alpha value is -1.55. The van der Waals surface area contributed by atoms with Crippen LogP contribution in [0.3, 0.4) is 0 Å². The van der Waals surface area contributed by atoms with Crippen LogP contribution < -0.4 is 10.2 Å². The summed E-state index contributed by atoms with van der Waals surface area (Å²) >= 11 is 3.18. The Morgan fingerprint density at radius 3 is 2.37 bits per heavy atom. The summed E-state index contributed by atoms with van der Waals surface area (Å²) in [6.45, 7) is 0.714. The minimum absolute atomic E-state index is 0.249. The molecule has 0 aromatic heterocycles. The van der Waals surface area contributed by atoms with E-state index in [0.717, 1.165) is 5.69 Å². The smallest absolute Gasteiger partial charge is 0.137 e. The zero-order valence-electron chi connectivity index (χ0n) is 11.0. The van der Waals surface area contributed by atoms with Crippen molar-refractivity contribution in [1.82, 2.24) is 0 Å². The number of hydrogen-bond donors (Lipinski definition) is 1. The first-order chi connectivity index (χ1) is 9.06. The molecule has 0 bridgehead atoms. The van der Waals surface area contributed by atoms with Crippen LogP contribution in [-0.4, -0.2) is 14.1 Å². The Morgan fingerprint density at radius 1 is 1.11 bits per heavy atom. The van der Waals surface area contributed by atoms with Crippen molar-refractivity contribution in [2.45, 2.75) is 6.54 Å². The molecule has 4 heteroatoms. The lowest BCUT2D eigenvalue weighted by Gasteiger charge is -2.13. The van der Waals surface area contributed by atoms with Crippen LogP contribution in [0, 0.1) is 5.82 Å². The predicted molar refractivity (Wildman–Crippen MR) is 82.2 cm³/mol. The molecule has 100 valence electrons. The van der Waals surface area contributed by atoms with Crippen molar-refractivity contribution in [3.8, 4) is 0 Å². The summed E-state index contributed by atoms with van der Waals surface area (Å²) in [5, 5.41) is 3.27. The molecule has 0 spiro atoms. The second kappa shape index (κ2) is 6.06. The number of hydrogen-bond acceptors (Lipinski definition) is 2. The fourth-order valence-corrected chi connectivity index (χ4v) is 2.10. The molecule has 0 amide bonds. The summed E-state index contributed by atoms with van der Waals surface area (Å²) < 4.78 is 13.6. The van der Waals surface area contributed by atoms with E-state index in [1.54, 1.807) is 12.1 Å². The largest absolute Gasteiger partial charge is 0.381 e. The molecule has 0 saturated heterocycles. The van der Waals surface area contributed by atoms with Crippen molar-refractivity contribution in [2.75, 3.05) is 24.3 Å². The van der Waals surface area contributed by atoms with Crippen LogP contribution in [-0.2, 0) is 6.54 Å². The van der Waals surface area contributed by atoms with Gasteiger partial charge in [0, 0.05) is 32.0 Å². The molecule has 1 N–H and O–H groups in total. The van der Waals surface area contributed by atoms with Crippen molar-refractivity contribution in [2.24, 2.45) is 0 Å². The van der Waals surface area contributed by atoms with Gasteiger partial charge in [-0.05, 0) is 51.8 Å². The maximum absolute atomic E-state index is 13.1. The van der Waals surface area contributed by atoms with Crippen LogP contribution in [0.25, 0.3) is 0 Å². The van der Waals surface area contributed by atoms with E-state index in [-0.39, 0.29) is 5.82 Å². The fraction of sp³-hybridized carbons (Fsp3) is 0.200. The molecule has 0 aliphatic heterocycles. The van der Waals surface area contributed by atoms with Crippen molar-refractivity contribution < 1.29 is 4.39 Å². The van der Waals surface area contributed by atoms with Crippen molar-refractivity contribution in [3.05, 3.63) is 58.3 Å². The molecule has 2 aromatic carbocycles. The zero-order chi connectivity index (χ0) is 13.8. The lowest BCUT2D eigenvalue weighted by Crippen LogP contribution is -2.08. The summed E-state index contributed by atoms with van der Waals surface area (Å²) in [5.41, 5.74) is 3.25. The van der Waals surface area contributed by atoms with Crippen LogP contribution in [0.15, 0.2) is 46.9 Å². The molecule has 0 aliphatic rings. The lowest BCUT2D eigenvalue weighted by atomic mass is 10.2. The third-order valence-corrected chi connectivity index (χ3v) is 3.48. The van der Waals surface area contributed by atoms with Crippen LogP contribution in [0.5, 0.6) is 0 Å². The molecule has 0 heterocycles. The van der Waals surface area contributed by atoms with E-state index in [1.165, 1.54) is 17.3 Å². The van der Waals surface area contributed by atoms with Gasteiger partial charge in [-0.3, -0.25) is 0 Å². The highest BCUT2D eigenvalue weighted by Crippen LogP contribution is 2.20. The van der Waals surface area contributed by atoms with Gasteiger partial charge in [-0.1, -0.05) is 12.1 Å². The summed E-state index contributed by atoms with van der Waals surface area (Å²) in [7, 11) is 4.03. The number of anilines is 2. The highest BCUT2D eigenvalue weighted by atomic mass is 79.9. The summed E-state index contributed by atoms with van der Waals surface area (Å²) in [4.78, 5) is 2.06. The van der Waals surface area contributed by atoms with E-state index in [9.17, 15) is 4.39 Å². The van der Waals surface area contributed by atoms with Gasteiger partial charge in [-0.25, -0.2) is 4.39 Å². The third kappa shape index (κ3) is 3.70. The SMILES string of the molecule is CN(C)c1ccc(CNc2ccc(F)c(Br)c2)cc1. The van der Waals surface area contributed by atoms with Gasteiger partial charge in [-0.15, -0.1) is 0 Å². The monoisotopic (exact) mass is 322 g/mol. The molecular weight excluding hydrogens is 307 g/mol. The normalized spacial score (nSPS) is 10.3. The maximum atomic E-state index is 13.1. The van der Waals surface area contributed by atoms with Crippen LogP contribution in [0.4, 0.5) is 15.8 Å². The molecule has 0 atom stereocenters. The highest BCUT2D eigenvalue weighted by molar-refractivity contribution is 9.10. The van der Waals surface area contributed by atoms with Gasteiger partial charge < -0.3 is 10.2 Å². The number of nitrogens with zero attached hydrogens (tertiary/aromatic N) is 1. The molecule has 0 unspecified atom stereocenters. The number of nitrogens with one attached hydrogen (secondary N) is 1. The van der Waals surface area contributed by atoms with E-state index in [4.69, 9.17) is 0 Å². The fourth-order valence-electron chi connectivity index (χ4n) is 1.72. The number of halogens is 2. The average molecular weight is 323 g/mol. The first kappa shape index (κ1) is 13.9. The molecule has 0 saturated carbocycles. The van der Waals surface area contributed by atoms with Crippen molar-refractivity contribution in [3.63, 3.8) is 0 Å². The Kier molecular flexibility index (Phi) is 4.43. The van der Waals surface area contributed by atoms with Crippen molar-refractivity contribution in [1.29, 1.82) is 0 Å². The average Bonchev–Trinajstić information content (AvgIpc) is 2.40. The number of benzene rings is 2. The molecule has 2 aromatic rings. The van der Waals surface area contributed by atoms with E-state index in [1.807, 2.05) is 14.1 Å². The van der Waals surface area contributed by atoms with Gasteiger partial charge in [-0.2, -0.15) is 0 Å². The third-order valence-electron chi connectivity index (χ3n) is 2.87. The van der Waals surface area contributed by atoms with Crippen LogP contribution >= 0.6 is 15.9 Å². The Morgan fingerprint density at radius 2 is 1.79 bits per heavy atom. The quantitative estimate of drug-likeness (QED) is 0.904. The second-order valence-electron chi connectivity index (χ2n) is 4.54. The molecule has 0 radical (unpaired) electrons. The maximum Gasteiger partial charge on any atom is 0.137 e. The zero-order valence-corrected chi connectivity index (χ0v) is 12.5. The Bertz CT molecular complexity index is 553. The first-order valence-electron chi connectivity index (χ1n) is 6.01. The first-order valence-corrected chi connectivity index (χ1v) is 6.81. The summed E-state index contributed by atoms with van der Waals surface area (Å²) in [5.74, 6) is -0.249. The van der Waals surface area contributed by atoms with E-state index in [2.05, 4.69) is 50.4 Å². The second-order valence-corrected chi connectivity index (χ2v) is 5.40. The summed E-state index contributed by atoms with van der Waals surface area (Å²) in [6, 6.07) is 13.2. The Labute approximate surface area is 121 Å². The highest BCUT2D eigenvalue weighted by Gasteiger charge is 2.01. The lowest BCUT2D eigenvalue weighted by molar-refractivity contribution is 0.621. The van der Waals surface area contributed by atoms with E-state index in [0.29, 0.717) is 11.0 Å². The molecule has 0 fully saturated rings. The van der Waals surface area contributed by atoms with Gasteiger partial charge in [0.1, 0.15) is 5.82 Å². The van der Waals surface area contributed by atoms with Gasteiger partial charge in [0.25, 0.3) is 0 Å². The topological polar surface area (TPSA) is 15.3 Å². The number of rotatable bonds is 4. The molecular formula is C15H16BrFN2. The molecule has 2 nitrogen and oxygen atoms in total. The minimum Gasteiger partial charge on any atom is -0.381 e. The summed E-state index contributed by atoms with van der Waals surface area (Å²) in [6.07, 6.45) is 0. The van der Waals surface area contributed by atoms with Crippen molar-refractivity contribution >= 4 is 27.3 Å². The van der Waals surface area contributed by atoms with Gasteiger partial charge in [0.15, 0.2) is 0 Å². The van der Waals surface area contributed by atoms with E-state index < -0.39 is 0 Å². The minimum atomic E-state index is -0.249. The van der Waals surface area contributed by atoms with Gasteiger partial charge in [0.05, 0.1) is 4.47 Å². The molecule has 0 aliphatic carbocycles. The van der Waals surface area contributed by atoms with E-state index >= 15 is 0 Å². The van der Waals surface area contributed by atoms with Gasteiger partial charge in [0.2, 0.25) is 0 Å². The standard InChI is InChI=1S/C15H16BrFN2/c1-19(2)13-6-3-11(4-7-13)10-18-12-5-8-15(17)14(16)9-12/h3-9,18H,10H2,1-2H3. The predicted octanol–water partition coefficient (Wildman–Crippen LogP) is 4.27. The molecule has 2 rings (SSSR count). The Balaban J connectivity index is 2.00.